The largest absolute Gasteiger partial charge is 0.481 e. The lowest BCUT2D eigenvalue weighted by Crippen LogP contribution is -2.14. The Kier molecular flexibility index (Phi) is 3.65. The Labute approximate surface area is 92.5 Å². The van der Waals surface area contributed by atoms with Gasteiger partial charge in [-0.1, -0.05) is 0 Å². The molecule has 0 aliphatic carbocycles. The lowest BCUT2D eigenvalue weighted by Gasteiger charge is -2.10. The van der Waals surface area contributed by atoms with Gasteiger partial charge in [0.25, 0.3) is 0 Å². The average molecular weight is 226 g/mol. The first-order valence-electron chi connectivity index (χ1n) is 4.90. The molecule has 0 unspecified atom stereocenters. The highest BCUT2D eigenvalue weighted by molar-refractivity contribution is 5.73. The molecule has 0 amide bonds. The van der Waals surface area contributed by atoms with E-state index in [1.54, 1.807) is 4.68 Å². The van der Waals surface area contributed by atoms with Gasteiger partial charge in [-0.25, -0.2) is 0 Å². The summed E-state index contributed by atoms with van der Waals surface area (Å²) in [6, 6.07) is 0.0110. The summed E-state index contributed by atoms with van der Waals surface area (Å²) < 4.78 is 1.55. The highest BCUT2D eigenvalue weighted by atomic mass is 16.4. The molecule has 0 saturated heterocycles. The van der Waals surface area contributed by atoms with E-state index in [1.165, 1.54) is 6.20 Å². The summed E-state index contributed by atoms with van der Waals surface area (Å²) in [5.41, 5.74) is 0.925. The fourth-order valence-corrected chi connectivity index (χ4v) is 1.52. The predicted molar refractivity (Wildman–Crippen MR) is 55.3 cm³/mol. The minimum absolute atomic E-state index is 0.0110. The molecule has 0 bridgehead atoms. The maximum Gasteiger partial charge on any atom is 0.309 e. The van der Waals surface area contributed by atoms with Gasteiger partial charge in [0.15, 0.2) is 0 Å². The van der Waals surface area contributed by atoms with Gasteiger partial charge in [0.05, 0.1) is 24.7 Å². The lowest BCUT2D eigenvalue weighted by atomic mass is 10.1. The van der Waals surface area contributed by atoms with Crippen molar-refractivity contribution in [3.8, 4) is 0 Å². The van der Waals surface area contributed by atoms with Crippen molar-refractivity contribution in [2.45, 2.75) is 32.7 Å². The first-order valence-corrected chi connectivity index (χ1v) is 4.90. The molecule has 1 heterocycles. The molecule has 88 valence electrons. The van der Waals surface area contributed by atoms with Crippen molar-refractivity contribution >= 4 is 11.9 Å². The van der Waals surface area contributed by atoms with Crippen LogP contribution in [0.15, 0.2) is 6.20 Å². The Bertz CT molecular complexity index is 409. The van der Waals surface area contributed by atoms with Crippen molar-refractivity contribution in [3.05, 3.63) is 17.5 Å². The van der Waals surface area contributed by atoms with Crippen LogP contribution in [0.3, 0.4) is 0 Å². The van der Waals surface area contributed by atoms with Crippen LogP contribution in [0.25, 0.3) is 0 Å². The van der Waals surface area contributed by atoms with E-state index >= 15 is 0 Å². The van der Waals surface area contributed by atoms with E-state index in [9.17, 15) is 9.59 Å². The van der Waals surface area contributed by atoms with Crippen molar-refractivity contribution in [2.75, 3.05) is 0 Å². The number of rotatable bonds is 5. The molecular formula is C10H14N2O4. The number of aliphatic carboxylic acids is 2. The van der Waals surface area contributed by atoms with Crippen molar-refractivity contribution in [1.82, 2.24) is 9.78 Å². The second-order valence-electron chi connectivity index (χ2n) is 3.80. The quantitative estimate of drug-likeness (QED) is 0.771. The van der Waals surface area contributed by atoms with Gasteiger partial charge in [-0.15, -0.1) is 0 Å². The molecule has 1 rings (SSSR count). The van der Waals surface area contributed by atoms with E-state index in [0.717, 1.165) is 0 Å². The molecule has 0 saturated carbocycles. The first kappa shape index (κ1) is 12.2. The highest BCUT2D eigenvalue weighted by Crippen LogP contribution is 2.15. The fourth-order valence-electron chi connectivity index (χ4n) is 1.52. The second-order valence-corrected chi connectivity index (χ2v) is 3.80. The van der Waals surface area contributed by atoms with Crippen molar-refractivity contribution in [2.24, 2.45) is 0 Å². The maximum absolute atomic E-state index is 10.7. The van der Waals surface area contributed by atoms with E-state index < -0.39 is 11.9 Å². The second kappa shape index (κ2) is 4.78. The van der Waals surface area contributed by atoms with Gasteiger partial charge >= 0.3 is 11.9 Å². The zero-order valence-corrected chi connectivity index (χ0v) is 9.17. The Morgan fingerprint density at radius 3 is 2.31 bits per heavy atom. The molecular weight excluding hydrogens is 212 g/mol. The smallest absolute Gasteiger partial charge is 0.309 e. The first-order chi connectivity index (χ1) is 7.41. The van der Waals surface area contributed by atoms with Gasteiger partial charge in [0.1, 0.15) is 0 Å². The SMILES string of the molecule is CC(C)n1ncc(CC(=O)O)c1CC(=O)O. The maximum atomic E-state index is 10.7. The number of carboxylic acid groups (broad SMARTS) is 2. The molecule has 1 aromatic heterocycles. The third kappa shape index (κ3) is 2.82. The van der Waals surface area contributed by atoms with Gasteiger partial charge in [-0.05, 0) is 13.8 Å². The van der Waals surface area contributed by atoms with Crippen molar-refractivity contribution < 1.29 is 19.8 Å². The van der Waals surface area contributed by atoms with E-state index in [-0.39, 0.29) is 18.9 Å². The van der Waals surface area contributed by atoms with Gasteiger partial charge in [-0.3, -0.25) is 14.3 Å². The summed E-state index contributed by atoms with van der Waals surface area (Å²) in [5.74, 6) is -1.98. The fraction of sp³-hybridized carbons (Fsp3) is 0.500. The summed E-state index contributed by atoms with van der Waals surface area (Å²) >= 11 is 0. The molecule has 6 heteroatoms. The normalized spacial score (nSPS) is 10.7. The van der Waals surface area contributed by atoms with E-state index in [0.29, 0.717) is 11.3 Å². The summed E-state index contributed by atoms with van der Waals surface area (Å²) in [6.07, 6.45) is 1.02. The van der Waals surface area contributed by atoms with Gasteiger partial charge in [0.2, 0.25) is 0 Å². The molecule has 6 nitrogen and oxygen atoms in total. The third-order valence-corrected chi connectivity index (χ3v) is 2.13. The topological polar surface area (TPSA) is 92.4 Å². The summed E-state index contributed by atoms with van der Waals surface area (Å²) in [4.78, 5) is 21.3. The number of aromatic nitrogens is 2. The van der Waals surface area contributed by atoms with Crippen LogP contribution in [0.1, 0.15) is 31.1 Å². The molecule has 0 aliphatic rings. The Morgan fingerprint density at radius 2 is 1.88 bits per heavy atom. The zero-order valence-electron chi connectivity index (χ0n) is 9.17. The number of hydrogen-bond acceptors (Lipinski definition) is 3. The molecule has 16 heavy (non-hydrogen) atoms. The third-order valence-electron chi connectivity index (χ3n) is 2.13. The number of carbonyl (C=O) groups is 2. The van der Waals surface area contributed by atoms with E-state index in [2.05, 4.69) is 5.10 Å². The molecule has 0 atom stereocenters. The van der Waals surface area contributed by atoms with Crippen LogP contribution < -0.4 is 0 Å². The number of carboxylic acids is 2. The predicted octanol–water partition coefficient (Wildman–Crippen LogP) is 0.718. The monoisotopic (exact) mass is 226 g/mol. The van der Waals surface area contributed by atoms with Gasteiger partial charge < -0.3 is 10.2 Å². The van der Waals surface area contributed by atoms with Gasteiger partial charge in [0, 0.05) is 11.6 Å². The molecule has 0 aliphatic heterocycles. The molecule has 2 N–H and O–H groups in total. The summed E-state index contributed by atoms with van der Waals surface area (Å²) in [5, 5.41) is 21.5. The van der Waals surface area contributed by atoms with Crippen LogP contribution in [-0.4, -0.2) is 31.9 Å². The summed E-state index contributed by atoms with van der Waals surface area (Å²) in [7, 11) is 0. The number of hydrogen-bond donors (Lipinski definition) is 2. The molecule has 0 spiro atoms. The van der Waals surface area contributed by atoms with Crippen LogP contribution in [0.5, 0.6) is 0 Å². The van der Waals surface area contributed by atoms with Gasteiger partial charge in [-0.2, -0.15) is 5.10 Å². The van der Waals surface area contributed by atoms with Crippen LogP contribution in [0.2, 0.25) is 0 Å². The minimum Gasteiger partial charge on any atom is -0.481 e. The van der Waals surface area contributed by atoms with E-state index in [1.807, 2.05) is 13.8 Å². The molecule has 1 aromatic rings. The van der Waals surface area contributed by atoms with Crippen LogP contribution in [0.4, 0.5) is 0 Å². The Morgan fingerprint density at radius 1 is 1.31 bits per heavy atom. The number of nitrogens with zero attached hydrogens (tertiary/aromatic N) is 2. The zero-order chi connectivity index (χ0) is 12.3. The Balaban J connectivity index is 3.08. The van der Waals surface area contributed by atoms with E-state index in [4.69, 9.17) is 10.2 Å². The van der Waals surface area contributed by atoms with Crippen molar-refractivity contribution in [1.29, 1.82) is 0 Å². The Hall–Kier alpha value is -1.85. The van der Waals surface area contributed by atoms with Crippen LogP contribution in [0, 0.1) is 0 Å². The average Bonchev–Trinajstić information content (AvgIpc) is 2.47. The minimum atomic E-state index is -0.992. The molecule has 0 fully saturated rings. The summed E-state index contributed by atoms with van der Waals surface area (Å²) in [6.45, 7) is 3.73. The molecule has 0 aromatic carbocycles. The highest BCUT2D eigenvalue weighted by Gasteiger charge is 2.17. The lowest BCUT2D eigenvalue weighted by molar-refractivity contribution is -0.137. The standard InChI is InChI=1S/C10H14N2O4/c1-6(2)12-8(4-10(15)16)7(5-11-12)3-9(13)14/h5-6H,3-4H2,1-2H3,(H,13,14)(H,15,16). The van der Waals surface area contributed by atoms with Crippen LogP contribution in [-0.2, 0) is 22.4 Å². The van der Waals surface area contributed by atoms with Crippen LogP contribution >= 0.6 is 0 Å². The van der Waals surface area contributed by atoms with Crippen molar-refractivity contribution in [3.63, 3.8) is 0 Å². The molecule has 0 radical (unpaired) electrons.